The first-order valence-electron chi connectivity index (χ1n) is 8.48. The van der Waals surface area contributed by atoms with Crippen molar-refractivity contribution in [2.24, 2.45) is 7.05 Å². The minimum atomic E-state index is -4.88. The highest BCUT2D eigenvalue weighted by Gasteiger charge is 2.54. The van der Waals surface area contributed by atoms with Gasteiger partial charge in [-0.2, -0.15) is 18.3 Å². The third kappa shape index (κ3) is 4.08. The lowest BCUT2D eigenvalue weighted by molar-refractivity contribution is -0.149. The molecule has 0 unspecified atom stereocenters. The van der Waals surface area contributed by atoms with E-state index < -0.39 is 57.8 Å². The molecule has 2 aliphatic heterocycles. The summed E-state index contributed by atoms with van der Waals surface area (Å²) < 4.78 is 44.3. The predicted octanol–water partition coefficient (Wildman–Crippen LogP) is 1.01. The average Bonchev–Trinajstić information content (AvgIpc) is 2.97. The number of halogens is 4. The van der Waals surface area contributed by atoms with E-state index in [1.807, 2.05) is 0 Å². The molecule has 0 spiro atoms. The van der Waals surface area contributed by atoms with E-state index in [-0.39, 0.29) is 23.6 Å². The first kappa shape index (κ1) is 22.9. The van der Waals surface area contributed by atoms with Gasteiger partial charge in [-0.05, 0) is 0 Å². The fourth-order valence-corrected chi connectivity index (χ4v) is 4.80. The molecule has 10 nitrogen and oxygen atoms in total. The fraction of sp³-hybridized carbons (Fsp3) is 0.438. The highest BCUT2D eigenvalue weighted by molar-refractivity contribution is 8.00. The van der Waals surface area contributed by atoms with Gasteiger partial charge in [-0.1, -0.05) is 11.6 Å². The second-order valence-corrected chi connectivity index (χ2v) is 8.01. The number of carbonyl (C=O) groups is 4. The van der Waals surface area contributed by atoms with Gasteiger partial charge in [-0.25, -0.2) is 4.79 Å². The summed E-state index contributed by atoms with van der Waals surface area (Å²) in [7, 11) is 1.09. The van der Waals surface area contributed by atoms with E-state index in [0.29, 0.717) is 4.68 Å². The summed E-state index contributed by atoms with van der Waals surface area (Å²) in [6.45, 7) is 0.830. The van der Waals surface area contributed by atoms with Crippen molar-refractivity contribution < 1.29 is 42.2 Å². The lowest BCUT2D eigenvalue weighted by Crippen LogP contribution is -2.70. The van der Waals surface area contributed by atoms with E-state index in [1.165, 1.54) is 0 Å². The highest BCUT2D eigenvalue weighted by atomic mass is 35.5. The Labute approximate surface area is 181 Å². The van der Waals surface area contributed by atoms with Gasteiger partial charge in [0.2, 0.25) is 0 Å². The van der Waals surface area contributed by atoms with Crippen LogP contribution in [0.4, 0.5) is 13.2 Å². The number of alkyl halides is 3. The molecule has 15 heteroatoms. The van der Waals surface area contributed by atoms with Crippen LogP contribution in [0.2, 0.25) is 5.02 Å². The number of carboxylic acids is 1. The largest absolute Gasteiger partial charge is 0.477 e. The van der Waals surface area contributed by atoms with Crippen LogP contribution in [0.3, 0.4) is 0 Å². The molecule has 1 fully saturated rings. The van der Waals surface area contributed by atoms with Crippen molar-refractivity contribution in [1.29, 1.82) is 0 Å². The maximum atomic E-state index is 12.9. The number of nitrogens with zero attached hydrogens (tertiary/aromatic N) is 3. The zero-order valence-electron chi connectivity index (χ0n) is 15.8. The number of rotatable bonds is 5. The minimum Gasteiger partial charge on any atom is -0.477 e. The van der Waals surface area contributed by atoms with Crippen LogP contribution in [0, 0.1) is 0 Å². The first-order valence-corrected chi connectivity index (χ1v) is 9.91. The molecule has 2 atom stereocenters. The number of aromatic nitrogens is 2. The number of aryl methyl sites for hydroxylation is 1. The minimum absolute atomic E-state index is 0.0976. The third-order valence-corrected chi connectivity index (χ3v) is 6.16. The van der Waals surface area contributed by atoms with E-state index in [2.05, 4.69) is 10.4 Å². The molecule has 2 amide bonds. The predicted molar refractivity (Wildman–Crippen MR) is 98.9 cm³/mol. The zero-order chi connectivity index (χ0) is 23.2. The van der Waals surface area contributed by atoms with Gasteiger partial charge >= 0.3 is 18.1 Å². The van der Waals surface area contributed by atoms with Crippen LogP contribution in [-0.2, 0) is 32.3 Å². The van der Waals surface area contributed by atoms with Crippen molar-refractivity contribution in [3.05, 3.63) is 27.7 Å². The van der Waals surface area contributed by atoms with Gasteiger partial charge in [0.05, 0.1) is 0 Å². The lowest BCUT2D eigenvalue weighted by atomic mass is 10.0. The molecule has 0 aromatic carbocycles. The number of esters is 1. The number of hydrogen-bond donors (Lipinski definition) is 2. The number of carboxylic acid groups (broad SMARTS) is 1. The van der Waals surface area contributed by atoms with Gasteiger partial charge < -0.3 is 15.2 Å². The monoisotopic (exact) mass is 482 g/mol. The number of thioether (sulfide) groups is 1. The number of amides is 2. The van der Waals surface area contributed by atoms with Gasteiger partial charge in [0.15, 0.2) is 5.69 Å². The van der Waals surface area contributed by atoms with Crippen molar-refractivity contribution in [2.45, 2.75) is 24.5 Å². The molecule has 0 aliphatic carbocycles. The normalized spacial score (nSPS) is 20.8. The van der Waals surface area contributed by atoms with E-state index in [1.54, 1.807) is 0 Å². The van der Waals surface area contributed by atoms with Crippen LogP contribution in [0.5, 0.6) is 0 Å². The Hall–Kier alpha value is -2.74. The van der Waals surface area contributed by atoms with Crippen LogP contribution in [0.1, 0.15) is 23.1 Å². The number of fused-ring (bicyclic) bond motifs is 1. The van der Waals surface area contributed by atoms with Crippen LogP contribution in [-0.4, -0.2) is 67.3 Å². The Morgan fingerprint density at radius 1 is 1.39 bits per heavy atom. The summed E-state index contributed by atoms with van der Waals surface area (Å²) in [6.07, 6.45) is -4.88. The second kappa shape index (κ2) is 8.07. The van der Waals surface area contributed by atoms with Crippen molar-refractivity contribution in [3.8, 4) is 0 Å². The van der Waals surface area contributed by atoms with E-state index in [4.69, 9.17) is 16.3 Å². The molecule has 0 saturated carbocycles. The number of carbonyl (C=O) groups excluding carboxylic acids is 3. The SMILES string of the molecule is CC(=O)OCC1=C(C(=O)O)N2C(=O)[C@H](NC(=O)c3c(Cl)c(C(F)(F)F)nn3C)[C@@H]2SC1. The Morgan fingerprint density at radius 3 is 2.55 bits per heavy atom. The molecule has 3 heterocycles. The summed E-state index contributed by atoms with van der Waals surface area (Å²) in [5.41, 5.74) is -2.20. The van der Waals surface area contributed by atoms with Gasteiger partial charge in [0.25, 0.3) is 11.8 Å². The van der Waals surface area contributed by atoms with E-state index in [9.17, 15) is 37.5 Å². The molecular formula is C16H14ClF3N4O6S. The Bertz CT molecular complexity index is 1020. The number of β-lactam (4-membered cyclic amide) rings is 1. The molecule has 0 bridgehead atoms. The van der Waals surface area contributed by atoms with Crippen LogP contribution in [0.25, 0.3) is 0 Å². The summed E-state index contributed by atoms with van der Waals surface area (Å²) >= 11 is 6.78. The molecular weight excluding hydrogens is 469 g/mol. The number of ether oxygens (including phenoxy) is 1. The quantitative estimate of drug-likeness (QED) is 0.469. The fourth-order valence-electron chi connectivity index (χ4n) is 3.12. The number of hydrogen-bond acceptors (Lipinski definition) is 7. The second-order valence-electron chi connectivity index (χ2n) is 6.53. The Morgan fingerprint density at radius 2 is 2.03 bits per heavy atom. The molecule has 2 aliphatic rings. The average molecular weight is 483 g/mol. The number of aliphatic carboxylic acids is 1. The first-order chi connectivity index (χ1) is 14.3. The van der Waals surface area contributed by atoms with Crippen LogP contribution >= 0.6 is 23.4 Å². The summed E-state index contributed by atoms with van der Waals surface area (Å²) in [6, 6.07) is -1.19. The highest BCUT2D eigenvalue weighted by Crippen LogP contribution is 2.41. The van der Waals surface area contributed by atoms with Crippen molar-refractivity contribution in [2.75, 3.05) is 12.4 Å². The smallest absolute Gasteiger partial charge is 0.436 e. The van der Waals surface area contributed by atoms with Crippen LogP contribution < -0.4 is 5.32 Å². The van der Waals surface area contributed by atoms with Crippen molar-refractivity contribution in [1.82, 2.24) is 20.0 Å². The van der Waals surface area contributed by atoms with Gasteiger partial charge in [0.1, 0.15) is 34.4 Å². The maximum absolute atomic E-state index is 12.9. The molecule has 1 aromatic rings. The molecule has 0 radical (unpaired) electrons. The summed E-state index contributed by atoms with van der Waals surface area (Å²) in [5, 5.41) is 13.3. The molecule has 1 aromatic heterocycles. The molecule has 168 valence electrons. The zero-order valence-corrected chi connectivity index (χ0v) is 17.4. The molecule has 1 saturated heterocycles. The standard InChI is InChI=1S/C16H14ClF3N4O6S/c1-5(25)30-3-6-4-31-14-8(13(27)24(14)9(6)15(28)29)21-12(26)10-7(17)11(16(18,19)20)22-23(10)2/h8,14H,3-4H2,1-2H3,(H,21,26)(H,28,29)/t8-,14-/m0/s1. The summed E-state index contributed by atoms with van der Waals surface area (Å²) in [5.74, 6) is -3.80. The third-order valence-electron chi connectivity index (χ3n) is 4.46. The van der Waals surface area contributed by atoms with Gasteiger partial charge in [-0.3, -0.25) is 24.0 Å². The van der Waals surface area contributed by atoms with Crippen molar-refractivity contribution >= 4 is 47.1 Å². The Balaban J connectivity index is 1.81. The maximum Gasteiger partial charge on any atom is 0.436 e. The number of nitrogens with one attached hydrogen (secondary N) is 1. The molecule has 31 heavy (non-hydrogen) atoms. The van der Waals surface area contributed by atoms with Crippen molar-refractivity contribution in [3.63, 3.8) is 0 Å². The topological polar surface area (TPSA) is 131 Å². The summed E-state index contributed by atoms with van der Waals surface area (Å²) in [4.78, 5) is 48.7. The van der Waals surface area contributed by atoms with Gasteiger partial charge in [-0.15, -0.1) is 11.8 Å². The Kier molecular flexibility index (Phi) is 5.97. The van der Waals surface area contributed by atoms with Crippen LogP contribution in [0.15, 0.2) is 11.3 Å². The van der Waals surface area contributed by atoms with Gasteiger partial charge in [0, 0.05) is 25.3 Å². The molecule has 3 rings (SSSR count). The van der Waals surface area contributed by atoms with E-state index >= 15 is 0 Å². The molecule has 2 N–H and O–H groups in total. The van der Waals surface area contributed by atoms with E-state index in [0.717, 1.165) is 30.6 Å². The lowest BCUT2D eigenvalue weighted by Gasteiger charge is -2.49.